The van der Waals surface area contributed by atoms with Crippen LogP contribution >= 0.6 is 0 Å². The summed E-state index contributed by atoms with van der Waals surface area (Å²) in [6.45, 7) is 16.8. The number of likely N-dealkylation sites (tertiary alicyclic amines) is 1. The topological polar surface area (TPSA) is 24.5 Å². The van der Waals surface area contributed by atoms with Crippen molar-refractivity contribution in [2.45, 2.75) is 66.0 Å². The first-order valence-electron chi connectivity index (χ1n) is 8.06. The third-order valence-corrected chi connectivity index (χ3v) is 4.26. The maximum absolute atomic E-state index is 5.80. The fourth-order valence-corrected chi connectivity index (χ4v) is 2.81. The number of piperidine rings is 1. The van der Waals surface area contributed by atoms with Crippen LogP contribution < -0.4 is 5.32 Å². The minimum atomic E-state index is 0.373. The first-order chi connectivity index (χ1) is 8.99. The highest BCUT2D eigenvalue weighted by atomic mass is 16.5. The summed E-state index contributed by atoms with van der Waals surface area (Å²) in [5.41, 5.74) is 0.373. The molecule has 0 bridgehead atoms. The third kappa shape index (κ3) is 6.24. The van der Waals surface area contributed by atoms with Crippen molar-refractivity contribution in [1.82, 2.24) is 10.2 Å². The molecule has 2 atom stereocenters. The van der Waals surface area contributed by atoms with E-state index in [1.807, 2.05) is 0 Å². The van der Waals surface area contributed by atoms with Gasteiger partial charge in [0.1, 0.15) is 0 Å². The lowest BCUT2D eigenvalue weighted by atomic mass is 9.86. The van der Waals surface area contributed by atoms with Gasteiger partial charge in [-0.15, -0.1) is 0 Å². The van der Waals surface area contributed by atoms with Gasteiger partial charge in [-0.3, -0.25) is 0 Å². The molecule has 0 amide bonds. The van der Waals surface area contributed by atoms with Gasteiger partial charge in [0.15, 0.2) is 0 Å². The average Bonchev–Trinajstić information content (AvgIpc) is 2.37. The summed E-state index contributed by atoms with van der Waals surface area (Å²) in [6, 6.07) is 0.573. The van der Waals surface area contributed by atoms with E-state index in [0.29, 0.717) is 17.6 Å². The van der Waals surface area contributed by atoms with Crippen LogP contribution in [0.4, 0.5) is 0 Å². The molecule has 0 radical (unpaired) electrons. The van der Waals surface area contributed by atoms with Gasteiger partial charge in [0.25, 0.3) is 0 Å². The summed E-state index contributed by atoms with van der Waals surface area (Å²) in [6.07, 6.45) is 4.19. The number of ether oxygens (including phenoxy) is 1. The van der Waals surface area contributed by atoms with Crippen LogP contribution in [0.2, 0.25) is 0 Å². The molecule has 1 fully saturated rings. The molecular weight excluding hydrogens is 236 g/mol. The summed E-state index contributed by atoms with van der Waals surface area (Å²) in [5.74, 6) is 0. The Balaban J connectivity index is 2.45. The minimum Gasteiger partial charge on any atom is -0.377 e. The van der Waals surface area contributed by atoms with Crippen LogP contribution in [-0.4, -0.2) is 49.8 Å². The fraction of sp³-hybridized carbons (Fsp3) is 1.00. The van der Waals surface area contributed by atoms with Gasteiger partial charge in [-0.2, -0.15) is 0 Å². The quantitative estimate of drug-likeness (QED) is 0.734. The molecule has 19 heavy (non-hydrogen) atoms. The number of hydrogen-bond acceptors (Lipinski definition) is 3. The van der Waals surface area contributed by atoms with E-state index in [4.69, 9.17) is 4.74 Å². The van der Waals surface area contributed by atoms with Crippen molar-refractivity contribution < 1.29 is 4.74 Å². The number of rotatable bonds is 8. The monoisotopic (exact) mass is 270 g/mol. The molecule has 0 aliphatic carbocycles. The average molecular weight is 270 g/mol. The second-order valence-electron chi connectivity index (χ2n) is 6.65. The number of hydrogen-bond donors (Lipinski definition) is 1. The Morgan fingerprint density at radius 1 is 1.37 bits per heavy atom. The zero-order chi connectivity index (χ0) is 14.3. The highest BCUT2D eigenvalue weighted by molar-refractivity contribution is 4.83. The largest absolute Gasteiger partial charge is 0.377 e. The van der Waals surface area contributed by atoms with Gasteiger partial charge in [0.05, 0.1) is 6.10 Å². The molecule has 0 aromatic rings. The lowest BCUT2D eigenvalue weighted by Gasteiger charge is -2.39. The van der Waals surface area contributed by atoms with Crippen molar-refractivity contribution in [3.05, 3.63) is 0 Å². The van der Waals surface area contributed by atoms with Gasteiger partial charge < -0.3 is 15.0 Å². The van der Waals surface area contributed by atoms with Crippen LogP contribution in [0.1, 0.15) is 53.9 Å². The second-order valence-corrected chi connectivity index (χ2v) is 6.65. The lowest BCUT2D eigenvalue weighted by molar-refractivity contribution is -0.00574. The van der Waals surface area contributed by atoms with Crippen molar-refractivity contribution in [2.75, 3.05) is 32.8 Å². The summed E-state index contributed by atoms with van der Waals surface area (Å²) in [4.78, 5) is 2.61. The normalized spacial score (nSPS) is 24.6. The maximum Gasteiger partial charge on any atom is 0.0702 e. The van der Waals surface area contributed by atoms with Crippen molar-refractivity contribution in [1.29, 1.82) is 0 Å². The Morgan fingerprint density at radius 3 is 2.68 bits per heavy atom. The zero-order valence-electron chi connectivity index (χ0n) is 13.7. The molecular formula is C16H34N2O. The predicted molar refractivity (Wildman–Crippen MR) is 82.6 cm³/mol. The van der Waals surface area contributed by atoms with E-state index in [1.54, 1.807) is 0 Å². The van der Waals surface area contributed by atoms with Gasteiger partial charge in [-0.25, -0.2) is 0 Å². The molecule has 3 nitrogen and oxygen atoms in total. The maximum atomic E-state index is 5.80. The summed E-state index contributed by atoms with van der Waals surface area (Å²) < 4.78 is 5.80. The third-order valence-electron chi connectivity index (χ3n) is 4.26. The SMILES string of the molecule is CCOC1CCCN(CC(C)(CC)CNC(C)C)C1. The highest BCUT2D eigenvalue weighted by Crippen LogP contribution is 2.24. The van der Waals surface area contributed by atoms with E-state index in [0.717, 1.165) is 19.7 Å². The molecule has 114 valence electrons. The van der Waals surface area contributed by atoms with Crippen LogP contribution in [0.25, 0.3) is 0 Å². The van der Waals surface area contributed by atoms with Crippen LogP contribution in [0.15, 0.2) is 0 Å². The molecule has 0 spiro atoms. The van der Waals surface area contributed by atoms with Crippen LogP contribution in [0, 0.1) is 5.41 Å². The van der Waals surface area contributed by atoms with Gasteiger partial charge >= 0.3 is 0 Å². The second kappa shape index (κ2) is 8.23. The van der Waals surface area contributed by atoms with Crippen LogP contribution in [-0.2, 0) is 4.74 Å². The molecule has 0 aromatic carbocycles. The van der Waals surface area contributed by atoms with Crippen molar-refractivity contribution in [3.8, 4) is 0 Å². The van der Waals surface area contributed by atoms with Crippen molar-refractivity contribution >= 4 is 0 Å². The molecule has 2 unspecified atom stereocenters. The molecule has 1 aliphatic rings. The summed E-state index contributed by atoms with van der Waals surface area (Å²) >= 11 is 0. The summed E-state index contributed by atoms with van der Waals surface area (Å²) in [7, 11) is 0. The molecule has 3 heteroatoms. The van der Waals surface area contributed by atoms with E-state index < -0.39 is 0 Å². The van der Waals surface area contributed by atoms with Crippen molar-refractivity contribution in [2.24, 2.45) is 5.41 Å². The standard InChI is InChI=1S/C16H34N2O/c1-6-16(5,12-17-14(3)4)13-18-10-8-9-15(11-18)19-7-2/h14-15,17H,6-13H2,1-5H3. The zero-order valence-corrected chi connectivity index (χ0v) is 13.7. The molecule has 0 saturated carbocycles. The van der Waals surface area contributed by atoms with Gasteiger partial charge in [-0.05, 0) is 38.1 Å². The first kappa shape index (κ1) is 16.9. The van der Waals surface area contributed by atoms with Crippen molar-refractivity contribution in [3.63, 3.8) is 0 Å². The molecule has 1 heterocycles. The fourth-order valence-electron chi connectivity index (χ4n) is 2.81. The van der Waals surface area contributed by atoms with E-state index in [2.05, 4.69) is 44.8 Å². The minimum absolute atomic E-state index is 0.373. The highest BCUT2D eigenvalue weighted by Gasteiger charge is 2.28. The van der Waals surface area contributed by atoms with E-state index in [9.17, 15) is 0 Å². The van der Waals surface area contributed by atoms with E-state index >= 15 is 0 Å². The van der Waals surface area contributed by atoms with Crippen LogP contribution in [0.3, 0.4) is 0 Å². The molecule has 1 saturated heterocycles. The first-order valence-corrected chi connectivity index (χ1v) is 8.06. The van der Waals surface area contributed by atoms with Gasteiger partial charge in [-0.1, -0.05) is 27.7 Å². The van der Waals surface area contributed by atoms with Gasteiger partial charge in [0, 0.05) is 32.3 Å². The van der Waals surface area contributed by atoms with Crippen LogP contribution in [0.5, 0.6) is 0 Å². The van der Waals surface area contributed by atoms with E-state index in [1.165, 1.54) is 32.4 Å². The molecule has 1 aliphatic heterocycles. The molecule has 0 aromatic heterocycles. The Hall–Kier alpha value is -0.120. The summed E-state index contributed by atoms with van der Waals surface area (Å²) in [5, 5.41) is 3.61. The number of nitrogens with zero attached hydrogens (tertiary/aromatic N) is 1. The molecule has 1 rings (SSSR count). The Labute approximate surface area is 120 Å². The Bertz CT molecular complexity index is 243. The lowest BCUT2D eigenvalue weighted by Crippen LogP contribution is -2.48. The van der Waals surface area contributed by atoms with Gasteiger partial charge in [0.2, 0.25) is 0 Å². The smallest absolute Gasteiger partial charge is 0.0702 e. The number of nitrogens with one attached hydrogen (secondary N) is 1. The Morgan fingerprint density at radius 2 is 2.11 bits per heavy atom. The molecule has 1 N–H and O–H groups in total. The Kier molecular flexibility index (Phi) is 7.33. The predicted octanol–water partition coefficient (Wildman–Crippen LogP) is 2.90. The van der Waals surface area contributed by atoms with E-state index in [-0.39, 0.29) is 0 Å².